The van der Waals surface area contributed by atoms with Crippen LogP contribution in [0, 0.1) is 23.7 Å². The van der Waals surface area contributed by atoms with Gasteiger partial charge in [-0.25, -0.2) is 0 Å². The molecule has 0 bridgehead atoms. The minimum absolute atomic E-state index is 0.00923. The lowest BCUT2D eigenvalue weighted by molar-refractivity contribution is -0.154. The van der Waals surface area contributed by atoms with E-state index in [0.717, 1.165) is 50.6 Å². The quantitative estimate of drug-likeness (QED) is 0.161. The lowest BCUT2D eigenvalue weighted by atomic mass is 9.72. The maximum Gasteiger partial charge on any atom is 0.312 e. The zero-order valence-corrected chi connectivity index (χ0v) is 30.8. The van der Waals surface area contributed by atoms with Crippen molar-refractivity contribution in [3.8, 4) is 0 Å². The maximum atomic E-state index is 14.2. The molecule has 2 aliphatic heterocycles. The summed E-state index contributed by atoms with van der Waals surface area (Å²) in [6, 6.07) is 7.20. The van der Waals surface area contributed by atoms with Gasteiger partial charge in [-0.05, 0) is 62.5 Å². The van der Waals surface area contributed by atoms with Crippen molar-refractivity contribution < 1.29 is 38.7 Å². The van der Waals surface area contributed by atoms with Crippen LogP contribution in [0.25, 0.3) is 0 Å². The fourth-order valence-electron chi connectivity index (χ4n) is 8.07. The van der Waals surface area contributed by atoms with Crippen LogP contribution in [-0.2, 0) is 40.0 Å². The summed E-state index contributed by atoms with van der Waals surface area (Å²) in [6.45, 7) is 4.05. The van der Waals surface area contributed by atoms with Crippen LogP contribution in [0.3, 0.4) is 0 Å². The van der Waals surface area contributed by atoms with Crippen molar-refractivity contribution in [3.63, 3.8) is 0 Å². The van der Waals surface area contributed by atoms with Crippen molar-refractivity contribution in [3.05, 3.63) is 35.9 Å². The van der Waals surface area contributed by atoms with Crippen LogP contribution in [0.4, 0.5) is 0 Å². The van der Waals surface area contributed by atoms with Crippen LogP contribution in [0.1, 0.15) is 83.6 Å². The highest BCUT2D eigenvalue weighted by molar-refractivity contribution is 6.26. The van der Waals surface area contributed by atoms with E-state index in [1.54, 1.807) is 0 Å². The van der Waals surface area contributed by atoms with Gasteiger partial charge in [0.05, 0.1) is 30.0 Å². The molecule has 12 nitrogen and oxygen atoms in total. The summed E-state index contributed by atoms with van der Waals surface area (Å²) in [5, 5.41) is 22.3. The van der Waals surface area contributed by atoms with E-state index >= 15 is 0 Å². The van der Waals surface area contributed by atoms with Crippen molar-refractivity contribution in [2.75, 3.05) is 13.2 Å². The number of rotatable bonds is 14. The van der Waals surface area contributed by atoms with Gasteiger partial charge in [-0.1, -0.05) is 62.2 Å². The number of amides is 2. The number of carbonyl (C=O) groups is 5. The Kier molecular flexibility index (Phi) is 13.4. The molecule has 1 aromatic carbocycles. The molecule has 1 saturated heterocycles. The third kappa shape index (κ3) is 9.61. The van der Waals surface area contributed by atoms with Crippen LogP contribution in [0.5, 0.6) is 0 Å². The van der Waals surface area contributed by atoms with Crippen LogP contribution >= 0.6 is 23.2 Å². The first kappa shape index (κ1) is 39.0. The highest BCUT2D eigenvalue weighted by Gasteiger charge is 2.50. The third-order valence-electron chi connectivity index (χ3n) is 10.8. The number of aliphatic carboxylic acids is 1. The summed E-state index contributed by atoms with van der Waals surface area (Å²) in [6.07, 6.45) is 6.33. The van der Waals surface area contributed by atoms with Gasteiger partial charge in [0.2, 0.25) is 11.5 Å². The number of hydrogen-bond donors (Lipinski definition) is 4. The summed E-state index contributed by atoms with van der Waals surface area (Å²) in [5.41, 5.74) is -0.426. The first-order valence-electron chi connectivity index (χ1n) is 18.2. The SMILES string of the molecule is CC(C)[C@H](NC(=O)C1CCCC2CCCNC21)C1=NOC(Cc2ccccc2)(C(=O)N[C@@H](CC(=O)O)C(=O)COC(=O)C2C(Cl)CCCC2Cl)C1. The molecule has 0 radical (unpaired) electrons. The Hall–Kier alpha value is -3.22. The average molecular weight is 750 g/mol. The molecule has 1 aromatic rings. The molecule has 280 valence electrons. The van der Waals surface area contributed by atoms with Gasteiger partial charge in [-0.15, -0.1) is 23.2 Å². The summed E-state index contributed by atoms with van der Waals surface area (Å²) in [5.74, 6) is -4.30. The van der Waals surface area contributed by atoms with Crippen molar-refractivity contribution in [2.24, 2.45) is 28.8 Å². The molecule has 51 heavy (non-hydrogen) atoms. The Labute approximate surface area is 309 Å². The van der Waals surface area contributed by atoms with E-state index in [1.165, 1.54) is 0 Å². The largest absolute Gasteiger partial charge is 0.481 e. The van der Waals surface area contributed by atoms with E-state index in [9.17, 15) is 29.1 Å². The monoisotopic (exact) mass is 748 g/mol. The highest BCUT2D eigenvalue weighted by atomic mass is 35.5. The minimum Gasteiger partial charge on any atom is -0.481 e. The van der Waals surface area contributed by atoms with Gasteiger partial charge in [0.1, 0.15) is 6.04 Å². The number of carboxylic acid groups (broad SMARTS) is 1. The number of halogens is 2. The molecule has 2 amide bonds. The van der Waals surface area contributed by atoms with E-state index in [-0.39, 0.29) is 36.6 Å². The molecule has 5 rings (SSSR count). The van der Waals surface area contributed by atoms with E-state index < -0.39 is 71.0 Å². The molecule has 6 unspecified atom stereocenters. The number of hydrogen-bond acceptors (Lipinski definition) is 9. The number of nitrogens with one attached hydrogen (secondary N) is 3. The highest BCUT2D eigenvalue weighted by Crippen LogP contribution is 2.36. The summed E-state index contributed by atoms with van der Waals surface area (Å²) < 4.78 is 5.27. The fraction of sp³-hybridized carbons (Fsp3) is 0.676. The summed E-state index contributed by atoms with van der Waals surface area (Å²) >= 11 is 12.7. The van der Waals surface area contributed by atoms with Crippen molar-refractivity contribution in [2.45, 2.75) is 119 Å². The molecule has 2 saturated carbocycles. The summed E-state index contributed by atoms with van der Waals surface area (Å²) in [7, 11) is 0. The van der Waals surface area contributed by atoms with E-state index in [2.05, 4.69) is 21.1 Å². The molecule has 14 heteroatoms. The average Bonchev–Trinajstić information content (AvgIpc) is 3.53. The minimum atomic E-state index is -1.65. The van der Waals surface area contributed by atoms with Gasteiger partial charge in [0.25, 0.3) is 5.91 Å². The molecule has 4 aliphatic rings. The van der Waals surface area contributed by atoms with Crippen LogP contribution in [0.2, 0.25) is 0 Å². The number of carbonyl (C=O) groups excluding carboxylic acids is 4. The molecule has 2 heterocycles. The molecular formula is C37H50Cl2N4O8. The van der Waals surface area contributed by atoms with Gasteiger partial charge < -0.3 is 30.6 Å². The number of ketones is 1. The molecule has 3 fully saturated rings. The Balaban J connectivity index is 1.31. The zero-order chi connectivity index (χ0) is 36.7. The van der Waals surface area contributed by atoms with E-state index in [0.29, 0.717) is 24.5 Å². The van der Waals surface area contributed by atoms with Crippen LogP contribution in [0.15, 0.2) is 35.5 Å². The predicted molar refractivity (Wildman–Crippen MR) is 191 cm³/mol. The second-order valence-corrected chi connectivity index (χ2v) is 16.0. The first-order chi connectivity index (χ1) is 24.4. The number of carboxylic acids is 1. The van der Waals surface area contributed by atoms with Crippen molar-refractivity contribution >= 4 is 58.4 Å². The van der Waals surface area contributed by atoms with Gasteiger partial charge in [0, 0.05) is 29.6 Å². The number of piperidine rings is 1. The Morgan fingerprint density at radius 3 is 2.37 bits per heavy atom. The van der Waals surface area contributed by atoms with Gasteiger partial charge >= 0.3 is 11.9 Å². The number of fused-ring (bicyclic) bond motifs is 1. The molecule has 0 aromatic heterocycles. The topological polar surface area (TPSA) is 172 Å². The first-order valence-corrected chi connectivity index (χ1v) is 19.1. The van der Waals surface area contributed by atoms with E-state index in [4.69, 9.17) is 32.8 Å². The summed E-state index contributed by atoms with van der Waals surface area (Å²) in [4.78, 5) is 72.0. The maximum absolute atomic E-state index is 14.2. The third-order valence-corrected chi connectivity index (χ3v) is 11.8. The number of ether oxygens (including phenoxy) is 1. The fourth-order valence-corrected chi connectivity index (χ4v) is 9.01. The second-order valence-electron chi connectivity index (χ2n) is 14.8. The smallest absolute Gasteiger partial charge is 0.312 e. The number of alkyl halides is 2. The van der Waals surface area contributed by atoms with Gasteiger partial charge in [-0.3, -0.25) is 24.0 Å². The molecular weight excluding hydrogens is 699 g/mol. The standard InChI is InChI=1S/C37H50Cl2N4O8/c1-21(2)32(42-34(47)24-13-6-11-23-12-8-16-40-33(23)24)28-19-37(51-43-28,18-22-9-4-3-5-10-22)36(49)41-27(17-30(45)46)29(44)20-50-35(48)31-25(38)14-7-15-26(31)39/h3-5,9-10,21,23-27,31-33,40H,6-8,11-20H2,1-2H3,(H,41,49)(H,42,47)(H,45,46)/t23?,24?,25?,26?,27-,31?,32-,33?,37?/m0/s1. The van der Waals surface area contributed by atoms with Gasteiger partial charge in [-0.2, -0.15) is 0 Å². The number of nitrogens with zero attached hydrogens (tertiary/aromatic N) is 1. The molecule has 2 aliphatic carbocycles. The lowest BCUT2D eigenvalue weighted by Crippen LogP contribution is -2.57. The molecule has 0 spiro atoms. The van der Waals surface area contributed by atoms with Crippen molar-refractivity contribution in [1.29, 1.82) is 0 Å². The number of benzene rings is 1. The predicted octanol–water partition coefficient (Wildman–Crippen LogP) is 4.14. The number of oxime groups is 1. The van der Waals surface area contributed by atoms with Gasteiger partial charge in [0.15, 0.2) is 12.4 Å². The zero-order valence-electron chi connectivity index (χ0n) is 29.3. The molecule has 8 atom stereocenters. The normalized spacial score (nSPS) is 30.2. The Morgan fingerprint density at radius 1 is 1.00 bits per heavy atom. The van der Waals surface area contributed by atoms with Crippen LogP contribution in [-0.4, -0.2) is 88.0 Å². The Bertz CT molecular complexity index is 1450. The Morgan fingerprint density at radius 2 is 1.69 bits per heavy atom. The second kappa shape index (κ2) is 17.5. The van der Waals surface area contributed by atoms with Crippen molar-refractivity contribution in [1.82, 2.24) is 16.0 Å². The van der Waals surface area contributed by atoms with Crippen LogP contribution < -0.4 is 16.0 Å². The van der Waals surface area contributed by atoms with E-state index in [1.807, 2.05) is 44.2 Å². The number of esters is 1. The number of Topliss-reactive ketones (excluding diaryl/α,β-unsaturated/α-hetero) is 1. The lowest BCUT2D eigenvalue weighted by Gasteiger charge is -2.41. The molecule has 4 N–H and O–H groups in total.